The molecule has 2 aromatic rings. The molecule has 1 N–H and O–H groups in total. The van der Waals surface area contributed by atoms with Crippen molar-refractivity contribution in [2.24, 2.45) is 5.92 Å². The van der Waals surface area contributed by atoms with Crippen LogP contribution in [0.2, 0.25) is 0 Å². The Morgan fingerprint density at radius 3 is 2.50 bits per heavy atom. The summed E-state index contributed by atoms with van der Waals surface area (Å²) in [5.74, 6) is 0.862. The molecule has 1 atom stereocenters. The summed E-state index contributed by atoms with van der Waals surface area (Å²) >= 11 is 0. The zero-order valence-electron chi connectivity index (χ0n) is 13.1. The van der Waals surface area contributed by atoms with Gasteiger partial charge in [0.1, 0.15) is 0 Å². The summed E-state index contributed by atoms with van der Waals surface area (Å²) in [6.45, 7) is 4.59. The highest BCUT2D eigenvalue weighted by atomic mass is 14.7. The summed E-state index contributed by atoms with van der Waals surface area (Å²) in [5.41, 5.74) is 2.79. The number of aromatic amines is 1. The number of unbranched alkanes of at least 4 members (excludes halogenated alkanes) is 3. The van der Waals surface area contributed by atoms with E-state index in [4.69, 9.17) is 0 Å². The van der Waals surface area contributed by atoms with E-state index in [2.05, 4.69) is 49.3 Å². The average Bonchev–Trinajstić information content (AvgIpc) is 2.88. The molecule has 110 valence electrons. The lowest BCUT2D eigenvalue weighted by Crippen LogP contribution is -2.04. The number of aromatic nitrogens is 1. The van der Waals surface area contributed by atoms with Gasteiger partial charge in [-0.1, -0.05) is 77.0 Å². The predicted octanol–water partition coefficient (Wildman–Crippen LogP) is 6.10. The zero-order chi connectivity index (χ0) is 14.2. The van der Waals surface area contributed by atoms with Crippen LogP contribution in [0.1, 0.15) is 64.4 Å². The smallest absolute Gasteiger partial charge is 0.0456 e. The van der Waals surface area contributed by atoms with E-state index in [9.17, 15) is 0 Å². The highest BCUT2D eigenvalue weighted by molar-refractivity contribution is 5.83. The standard InChI is InChI=1S/C19H29N/c1-3-5-7-11-16(10-6-4-2)14-17-15-20-19-13-9-8-12-18(17)19/h8-9,12-13,15-16,20H,3-7,10-11,14H2,1-2H3. The first-order valence-corrected chi connectivity index (χ1v) is 8.40. The minimum absolute atomic E-state index is 0.862. The van der Waals surface area contributed by atoms with Gasteiger partial charge in [-0.2, -0.15) is 0 Å². The fraction of sp³-hybridized carbons (Fsp3) is 0.579. The van der Waals surface area contributed by atoms with Crippen molar-refractivity contribution in [1.29, 1.82) is 0 Å². The summed E-state index contributed by atoms with van der Waals surface area (Å²) in [6.07, 6.45) is 13.1. The number of benzene rings is 1. The second-order valence-electron chi connectivity index (χ2n) is 6.07. The molecule has 1 unspecified atom stereocenters. The summed E-state index contributed by atoms with van der Waals surface area (Å²) in [6, 6.07) is 8.69. The van der Waals surface area contributed by atoms with E-state index < -0.39 is 0 Å². The lowest BCUT2D eigenvalue weighted by Gasteiger charge is -2.16. The van der Waals surface area contributed by atoms with Gasteiger partial charge in [0.05, 0.1) is 0 Å². The van der Waals surface area contributed by atoms with Crippen LogP contribution in [0.25, 0.3) is 10.9 Å². The summed E-state index contributed by atoms with van der Waals surface area (Å²) in [5, 5.41) is 1.42. The molecule has 0 aliphatic rings. The SMILES string of the molecule is CCCCCC(CCCC)Cc1c[nH]c2ccccc12. The fourth-order valence-corrected chi connectivity index (χ4v) is 3.14. The molecule has 1 aromatic carbocycles. The molecule has 1 heteroatoms. The first-order chi connectivity index (χ1) is 9.85. The van der Waals surface area contributed by atoms with Crippen LogP contribution in [-0.2, 0) is 6.42 Å². The number of nitrogens with one attached hydrogen (secondary N) is 1. The Bertz CT molecular complexity index is 497. The van der Waals surface area contributed by atoms with Crippen molar-refractivity contribution in [2.45, 2.75) is 65.2 Å². The van der Waals surface area contributed by atoms with Crippen molar-refractivity contribution in [3.05, 3.63) is 36.0 Å². The summed E-state index contributed by atoms with van der Waals surface area (Å²) in [7, 11) is 0. The third-order valence-electron chi connectivity index (χ3n) is 4.37. The Morgan fingerprint density at radius 2 is 1.70 bits per heavy atom. The van der Waals surface area contributed by atoms with Gasteiger partial charge in [0.25, 0.3) is 0 Å². The van der Waals surface area contributed by atoms with Gasteiger partial charge in [0, 0.05) is 17.1 Å². The topological polar surface area (TPSA) is 15.8 Å². The fourth-order valence-electron chi connectivity index (χ4n) is 3.14. The first-order valence-electron chi connectivity index (χ1n) is 8.40. The van der Waals surface area contributed by atoms with Crippen molar-refractivity contribution >= 4 is 10.9 Å². The minimum atomic E-state index is 0.862. The second-order valence-corrected chi connectivity index (χ2v) is 6.07. The van der Waals surface area contributed by atoms with Gasteiger partial charge in [-0.3, -0.25) is 0 Å². The van der Waals surface area contributed by atoms with E-state index in [-0.39, 0.29) is 0 Å². The highest BCUT2D eigenvalue weighted by Gasteiger charge is 2.12. The molecule has 2 rings (SSSR count). The number of H-pyrrole nitrogens is 1. The molecule has 0 saturated carbocycles. The molecular formula is C19H29N. The van der Waals surface area contributed by atoms with Gasteiger partial charge < -0.3 is 4.98 Å². The molecule has 1 nitrogen and oxygen atoms in total. The van der Waals surface area contributed by atoms with E-state index in [1.54, 1.807) is 0 Å². The number of hydrogen-bond donors (Lipinski definition) is 1. The Kier molecular flexibility index (Phi) is 6.17. The van der Waals surface area contributed by atoms with Crippen LogP contribution in [0.5, 0.6) is 0 Å². The van der Waals surface area contributed by atoms with Crippen molar-refractivity contribution in [2.75, 3.05) is 0 Å². The maximum Gasteiger partial charge on any atom is 0.0456 e. The average molecular weight is 271 g/mol. The molecule has 0 amide bonds. The second kappa shape index (κ2) is 8.14. The van der Waals surface area contributed by atoms with Crippen molar-refractivity contribution in [3.8, 4) is 0 Å². The molecule has 0 bridgehead atoms. The van der Waals surface area contributed by atoms with E-state index >= 15 is 0 Å². The van der Waals surface area contributed by atoms with Gasteiger partial charge in [0.2, 0.25) is 0 Å². The van der Waals surface area contributed by atoms with Gasteiger partial charge in [-0.25, -0.2) is 0 Å². The Morgan fingerprint density at radius 1 is 0.950 bits per heavy atom. The summed E-state index contributed by atoms with van der Waals surface area (Å²) in [4.78, 5) is 3.42. The Balaban J connectivity index is 2.01. The predicted molar refractivity (Wildman–Crippen MR) is 89.2 cm³/mol. The third-order valence-corrected chi connectivity index (χ3v) is 4.37. The number of para-hydroxylation sites is 1. The monoisotopic (exact) mass is 271 g/mol. The van der Waals surface area contributed by atoms with Crippen LogP contribution in [0.15, 0.2) is 30.5 Å². The van der Waals surface area contributed by atoms with E-state index in [1.165, 1.54) is 67.8 Å². The first kappa shape index (κ1) is 15.2. The molecule has 0 aliphatic carbocycles. The Labute approximate surface area is 123 Å². The van der Waals surface area contributed by atoms with Crippen LogP contribution >= 0.6 is 0 Å². The zero-order valence-corrected chi connectivity index (χ0v) is 13.1. The number of hydrogen-bond acceptors (Lipinski definition) is 0. The molecule has 0 saturated heterocycles. The van der Waals surface area contributed by atoms with Crippen LogP contribution in [0, 0.1) is 5.92 Å². The molecule has 0 aliphatic heterocycles. The highest BCUT2D eigenvalue weighted by Crippen LogP contribution is 2.26. The molecule has 1 aromatic heterocycles. The quantitative estimate of drug-likeness (QED) is 0.531. The molecule has 0 fully saturated rings. The number of fused-ring (bicyclic) bond motifs is 1. The maximum absolute atomic E-state index is 3.42. The largest absolute Gasteiger partial charge is 0.361 e. The molecular weight excluding hydrogens is 242 g/mol. The van der Waals surface area contributed by atoms with Crippen LogP contribution in [0.3, 0.4) is 0 Å². The van der Waals surface area contributed by atoms with E-state index in [1.807, 2.05) is 0 Å². The van der Waals surface area contributed by atoms with Crippen LogP contribution in [0.4, 0.5) is 0 Å². The lowest BCUT2D eigenvalue weighted by atomic mass is 9.89. The van der Waals surface area contributed by atoms with Crippen molar-refractivity contribution < 1.29 is 0 Å². The lowest BCUT2D eigenvalue weighted by molar-refractivity contribution is 0.413. The normalized spacial score (nSPS) is 12.9. The van der Waals surface area contributed by atoms with E-state index in [0.29, 0.717) is 0 Å². The molecule has 20 heavy (non-hydrogen) atoms. The van der Waals surface area contributed by atoms with Crippen LogP contribution < -0.4 is 0 Å². The number of rotatable bonds is 9. The molecule has 0 radical (unpaired) electrons. The maximum atomic E-state index is 3.42. The molecule has 1 heterocycles. The molecule has 0 spiro atoms. The summed E-state index contributed by atoms with van der Waals surface area (Å²) < 4.78 is 0. The van der Waals surface area contributed by atoms with E-state index in [0.717, 1.165) is 5.92 Å². The third kappa shape index (κ3) is 4.13. The van der Waals surface area contributed by atoms with Crippen molar-refractivity contribution in [3.63, 3.8) is 0 Å². The van der Waals surface area contributed by atoms with Crippen molar-refractivity contribution in [1.82, 2.24) is 4.98 Å². The van der Waals surface area contributed by atoms with Crippen LogP contribution in [-0.4, -0.2) is 4.98 Å². The van der Waals surface area contributed by atoms with Gasteiger partial charge in [-0.05, 0) is 24.0 Å². The van der Waals surface area contributed by atoms with Gasteiger partial charge in [0.15, 0.2) is 0 Å². The van der Waals surface area contributed by atoms with Gasteiger partial charge >= 0.3 is 0 Å². The van der Waals surface area contributed by atoms with Gasteiger partial charge in [-0.15, -0.1) is 0 Å². The minimum Gasteiger partial charge on any atom is -0.361 e. The Hall–Kier alpha value is -1.24.